The molecular weight excluding hydrogens is 358 g/mol. The van der Waals surface area contributed by atoms with Crippen LogP contribution in [0.15, 0.2) is 53.1 Å². The van der Waals surface area contributed by atoms with Crippen LogP contribution in [0.1, 0.15) is 30.1 Å². The number of aromatic nitrogens is 2. The van der Waals surface area contributed by atoms with E-state index in [1.54, 1.807) is 4.90 Å². The number of rotatable bonds is 6. The Bertz CT molecular complexity index is 969. The number of amides is 1. The second-order valence-electron chi connectivity index (χ2n) is 6.79. The average Bonchev–Trinajstić information content (AvgIpc) is 3.37. The molecule has 1 aliphatic rings. The maximum Gasteiger partial charge on any atom is 0.254 e. The van der Waals surface area contributed by atoms with Gasteiger partial charge in [-0.2, -0.15) is 4.98 Å². The minimum atomic E-state index is -0.00823. The van der Waals surface area contributed by atoms with Crippen molar-refractivity contribution in [2.24, 2.45) is 0 Å². The Morgan fingerprint density at radius 3 is 2.68 bits per heavy atom. The van der Waals surface area contributed by atoms with E-state index in [1.165, 1.54) is 0 Å². The molecule has 0 radical (unpaired) electrons. The lowest BCUT2D eigenvalue weighted by Crippen LogP contribution is -2.38. The van der Waals surface area contributed by atoms with Crippen molar-refractivity contribution >= 4 is 5.91 Å². The Morgan fingerprint density at radius 2 is 1.89 bits per heavy atom. The van der Waals surface area contributed by atoms with Crippen LogP contribution >= 0.6 is 0 Å². The zero-order valence-electron chi connectivity index (χ0n) is 15.8. The lowest BCUT2D eigenvalue weighted by atomic mass is 10.1. The van der Waals surface area contributed by atoms with E-state index in [0.717, 1.165) is 5.56 Å². The van der Waals surface area contributed by atoms with Crippen LogP contribution in [0.2, 0.25) is 0 Å². The van der Waals surface area contributed by atoms with E-state index in [9.17, 15) is 4.79 Å². The third-order valence-corrected chi connectivity index (χ3v) is 4.57. The summed E-state index contributed by atoms with van der Waals surface area (Å²) in [5.74, 6) is 2.34. The molecule has 2 aromatic carbocycles. The number of fused-ring (bicyclic) bond motifs is 1. The first-order valence-electron chi connectivity index (χ1n) is 9.20. The maximum absolute atomic E-state index is 12.8. The van der Waals surface area contributed by atoms with Gasteiger partial charge in [-0.3, -0.25) is 4.79 Å². The highest BCUT2D eigenvalue weighted by molar-refractivity contribution is 5.94. The summed E-state index contributed by atoms with van der Waals surface area (Å²) in [4.78, 5) is 19.0. The Balaban J connectivity index is 1.45. The van der Waals surface area contributed by atoms with E-state index in [1.807, 2.05) is 62.4 Å². The number of hydrogen-bond acceptors (Lipinski definition) is 6. The lowest BCUT2D eigenvalue weighted by molar-refractivity contribution is 0.0704. The fourth-order valence-electron chi connectivity index (χ4n) is 3.07. The third kappa shape index (κ3) is 3.69. The fourth-order valence-corrected chi connectivity index (χ4v) is 3.07. The highest BCUT2D eigenvalue weighted by Crippen LogP contribution is 2.35. The van der Waals surface area contributed by atoms with Gasteiger partial charge >= 0.3 is 0 Å². The molecule has 0 aliphatic carbocycles. The predicted octanol–water partition coefficient (Wildman–Crippen LogP) is 3.56. The Kier molecular flexibility index (Phi) is 4.97. The molecule has 0 saturated carbocycles. The molecule has 0 saturated heterocycles. The van der Waals surface area contributed by atoms with E-state index < -0.39 is 0 Å². The SMILES string of the molecule is CC(C)N(CCc1nc(-c2ccc3c(c2)OCO3)no1)C(=O)c1ccccc1. The van der Waals surface area contributed by atoms with Gasteiger partial charge < -0.3 is 18.9 Å². The van der Waals surface area contributed by atoms with Crippen LogP contribution in [-0.2, 0) is 6.42 Å². The van der Waals surface area contributed by atoms with Gasteiger partial charge in [0, 0.05) is 30.1 Å². The molecule has 7 heteroatoms. The van der Waals surface area contributed by atoms with Crippen LogP contribution in [0, 0.1) is 0 Å². The normalized spacial score (nSPS) is 12.4. The quantitative estimate of drug-likeness (QED) is 0.652. The smallest absolute Gasteiger partial charge is 0.254 e. The summed E-state index contributed by atoms with van der Waals surface area (Å²) < 4.78 is 16.1. The van der Waals surface area contributed by atoms with Crippen LogP contribution in [-0.4, -0.2) is 40.3 Å². The van der Waals surface area contributed by atoms with Crippen molar-refractivity contribution in [1.82, 2.24) is 15.0 Å². The van der Waals surface area contributed by atoms with Crippen LogP contribution in [0.5, 0.6) is 11.5 Å². The number of carbonyl (C=O) groups is 1. The monoisotopic (exact) mass is 379 g/mol. The zero-order chi connectivity index (χ0) is 19.5. The molecule has 2 heterocycles. The zero-order valence-corrected chi connectivity index (χ0v) is 15.8. The minimum Gasteiger partial charge on any atom is -0.454 e. The van der Waals surface area contributed by atoms with E-state index in [-0.39, 0.29) is 18.7 Å². The molecule has 7 nitrogen and oxygen atoms in total. The topological polar surface area (TPSA) is 77.7 Å². The summed E-state index contributed by atoms with van der Waals surface area (Å²) in [6, 6.07) is 14.8. The Labute approximate surface area is 162 Å². The number of hydrogen-bond donors (Lipinski definition) is 0. The van der Waals surface area contributed by atoms with Crippen molar-refractivity contribution in [1.29, 1.82) is 0 Å². The van der Waals surface area contributed by atoms with Gasteiger partial charge in [0.1, 0.15) is 0 Å². The van der Waals surface area contributed by atoms with Crippen molar-refractivity contribution in [3.05, 3.63) is 60.0 Å². The van der Waals surface area contributed by atoms with Gasteiger partial charge in [-0.15, -0.1) is 0 Å². The second-order valence-corrected chi connectivity index (χ2v) is 6.79. The highest BCUT2D eigenvalue weighted by atomic mass is 16.7. The van der Waals surface area contributed by atoms with Gasteiger partial charge in [-0.05, 0) is 44.2 Å². The summed E-state index contributed by atoms with van der Waals surface area (Å²) in [5, 5.41) is 4.05. The second kappa shape index (κ2) is 7.72. The van der Waals surface area contributed by atoms with Crippen molar-refractivity contribution < 1.29 is 18.8 Å². The molecule has 3 aromatic rings. The van der Waals surface area contributed by atoms with Crippen molar-refractivity contribution in [2.45, 2.75) is 26.3 Å². The molecule has 0 bridgehead atoms. The molecule has 0 spiro atoms. The first-order valence-corrected chi connectivity index (χ1v) is 9.20. The summed E-state index contributed by atoms with van der Waals surface area (Å²) >= 11 is 0. The van der Waals surface area contributed by atoms with Crippen LogP contribution in [0.25, 0.3) is 11.4 Å². The third-order valence-electron chi connectivity index (χ3n) is 4.57. The van der Waals surface area contributed by atoms with Crippen LogP contribution < -0.4 is 9.47 Å². The van der Waals surface area contributed by atoms with Crippen molar-refractivity contribution in [3.8, 4) is 22.9 Å². The lowest BCUT2D eigenvalue weighted by Gasteiger charge is -2.26. The van der Waals surface area contributed by atoms with Crippen molar-refractivity contribution in [3.63, 3.8) is 0 Å². The number of ether oxygens (including phenoxy) is 2. The van der Waals surface area contributed by atoms with E-state index in [4.69, 9.17) is 14.0 Å². The van der Waals surface area contributed by atoms with Gasteiger partial charge in [-0.25, -0.2) is 0 Å². The molecule has 4 rings (SSSR count). The van der Waals surface area contributed by atoms with Gasteiger partial charge in [0.15, 0.2) is 11.5 Å². The molecule has 1 amide bonds. The fraction of sp³-hybridized carbons (Fsp3) is 0.286. The molecule has 0 atom stereocenters. The summed E-state index contributed by atoms with van der Waals surface area (Å²) in [6.45, 7) is 4.70. The van der Waals surface area contributed by atoms with Crippen LogP contribution in [0.4, 0.5) is 0 Å². The molecule has 1 aromatic heterocycles. The first kappa shape index (κ1) is 18.0. The molecular formula is C21H21N3O4. The number of nitrogens with zero attached hydrogens (tertiary/aromatic N) is 3. The molecule has 0 unspecified atom stereocenters. The molecule has 0 N–H and O–H groups in total. The summed E-state index contributed by atoms with van der Waals surface area (Å²) in [6.07, 6.45) is 0.480. The standard InChI is InChI=1S/C21H21N3O4/c1-14(2)24(21(25)15-6-4-3-5-7-15)11-10-19-22-20(23-28-19)16-8-9-17-18(12-16)27-13-26-17/h3-9,12,14H,10-11,13H2,1-2H3. The maximum atomic E-state index is 12.8. The molecule has 28 heavy (non-hydrogen) atoms. The van der Waals surface area contributed by atoms with E-state index in [0.29, 0.717) is 41.7 Å². The average molecular weight is 379 g/mol. The number of carbonyl (C=O) groups excluding carboxylic acids is 1. The Morgan fingerprint density at radius 1 is 1.11 bits per heavy atom. The molecule has 144 valence electrons. The predicted molar refractivity (Wildman–Crippen MR) is 102 cm³/mol. The van der Waals surface area contributed by atoms with Gasteiger partial charge in [-0.1, -0.05) is 23.4 Å². The minimum absolute atomic E-state index is 0.00823. The Hall–Kier alpha value is -3.35. The van der Waals surface area contributed by atoms with E-state index >= 15 is 0 Å². The summed E-state index contributed by atoms with van der Waals surface area (Å²) in [5.41, 5.74) is 1.46. The summed E-state index contributed by atoms with van der Waals surface area (Å²) in [7, 11) is 0. The highest BCUT2D eigenvalue weighted by Gasteiger charge is 2.20. The largest absolute Gasteiger partial charge is 0.454 e. The van der Waals surface area contributed by atoms with Crippen molar-refractivity contribution in [2.75, 3.05) is 13.3 Å². The van der Waals surface area contributed by atoms with E-state index in [2.05, 4.69) is 10.1 Å². The first-order chi connectivity index (χ1) is 13.6. The molecule has 1 aliphatic heterocycles. The van der Waals surface area contributed by atoms with Crippen LogP contribution in [0.3, 0.4) is 0 Å². The van der Waals surface area contributed by atoms with Gasteiger partial charge in [0.25, 0.3) is 5.91 Å². The van der Waals surface area contributed by atoms with Gasteiger partial charge in [0.05, 0.1) is 0 Å². The van der Waals surface area contributed by atoms with Gasteiger partial charge in [0.2, 0.25) is 18.5 Å². The molecule has 0 fully saturated rings. The number of benzene rings is 2.